The SMILES string of the molecule is CC1Cc2ccccc2N1CC(N)CCc1ccccc1. The van der Waals surface area contributed by atoms with E-state index in [2.05, 4.69) is 66.4 Å². The number of anilines is 1. The van der Waals surface area contributed by atoms with Crippen molar-refractivity contribution in [1.82, 2.24) is 0 Å². The van der Waals surface area contributed by atoms with E-state index in [1.165, 1.54) is 16.8 Å². The van der Waals surface area contributed by atoms with Crippen LogP contribution >= 0.6 is 0 Å². The van der Waals surface area contributed by atoms with Crippen molar-refractivity contribution in [1.29, 1.82) is 0 Å². The van der Waals surface area contributed by atoms with Crippen LogP contribution in [-0.4, -0.2) is 18.6 Å². The molecular weight excluding hydrogens is 256 g/mol. The van der Waals surface area contributed by atoms with Crippen molar-refractivity contribution in [2.45, 2.75) is 38.3 Å². The summed E-state index contributed by atoms with van der Waals surface area (Å²) in [6.45, 7) is 3.24. The van der Waals surface area contributed by atoms with Crippen LogP contribution in [0, 0.1) is 0 Å². The van der Waals surface area contributed by atoms with Gasteiger partial charge < -0.3 is 10.6 Å². The van der Waals surface area contributed by atoms with E-state index < -0.39 is 0 Å². The zero-order valence-corrected chi connectivity index (χ0v) is 12.7. The van der Waals surface area contributed by atoms with Crippen LogP contribution in [0.2, 0.25) is 0 Å². The third-order valence-corrected chi connectivity index (χ3v) is 4.43. The monoisotopic (exact) mass is 280 g/mol. The maximum atomic E-state index is 6.38. The van der Waals surface area contributed by atoms with Gasteiger partial charge in [-0.1, -0.05) is 48.5 Å². The number of nitrogens with two attached hydrogens (primary N) is 1. The van der Waals surface area contributed by atoms with E-state index in [9.17, 15) is 0 Å². The number of para-hydroxylation sites is 1. The second-order valence-corrected chi connectivity index (χ2v) is 6.12. The maximum Gasteiger partial charge on any atom is 0.0402 e. The van der Waals surface area contributed by atoms with Crippen molar-refractivity contribution in [3.8, 4) is 0 Å². The molecule has 0 fully saturated rings. The van der Waals surface area contributed by atoms with Gasteiger partial charge in [-0.2, -0.15) is 0 Å². The average Bonchev–Trinajstić information content (AvgIpc) is 2.82. The molecule has 0 bridgehead atoms. The summed E-state index contributed by atoms with van der Waals surface area (Å²) in [7, 11) is 0. The highest BCUT2D eigenvalue weighted by Crippen LogP contribution is 2.31. The Kier molecular flexibility index (Phi) is 4.26. The lowest BCUT2D eigenvalue weighted by Crippen LogP contribution is -2.40. The molecule has 2 atom stereocenters. The molecule has 0 radical (unpaired) electrons. The number of rotatable bonds is 5. The average molecular weight is 280 g/mol. The minimum Gasteiger partial charge on any atom is -0.367 e. The molecule has 2 aromatic rings. The van der Waals surface area contributed by atoms with Crippen molar-refractivity contribution in [2.75, 3.05) is 11.4 Å². The summed E-state index contributed by atoms with van der Waals surface area (Å²) >= 11 is 0. The van der Waals surface area contributed by atoms with E-state index in [1.807, 2.05) is 0 Å². The predicted molar refractivity (Wildman–Crippen MR) is 89.7 cm³/mol. The molecule has 0 saturated heterocycles. The number of hydrogen-bond donors (Lipinski definition) is 1. The number of hydrogen-bond acceptors (Lipinski definition) is 2. The Bertz CT molecular complexity index is 579. The van der Waals surface area contributed by atoms with Crippen molar-refractivity contribution >= 4 is 5.69 Å². The molecule has 2 nitrogen and oxygen atoms in total. The molecule has 2 heteroatoms. The summed E-state index contributed by atoms with van der Waals surface area (Å²) in [5, 5.41) is 0. The topological polar surface area (TPSA) is 29.3 Å². The van der Waals surface area contributed by atoms with E-state index in [-0.39, 0.29) is 6.04 Å². The Morgan fingerprint density at radius 2 is 1.81 bits per heavy atom. The van der Waals surface area contributed by atoms with Gasteiger partial charge >= 0.3 is 0 Å². The van der Waals surface area contributed by atoms with Gasteiger partial charge in [0, 0.05) is 24.3 Å². The minimum atomic E-state index is 0.221. The zero-order chi connectivity index (χ0) is 14.7. The first-order valence-electron chi connectivity index (χ1n) is 7.88. The lowest BCUT2D eigenvalue weighted by atomic mass is 10.1. The third-order valence-electron chi connectivity index (χ3n) is 4.43. The number of nitrogens with zero attached hydrogens (tertiary/aromatic N) is 1. The fourth-order valence-electron chi connectivity index (χ4n) is 3.25. The first-order valence-corrected chi connectivity index (χ1v) is 7.88. The van der Waals surface area contributed by atoms with Crippen LogP contribution in [0.25, 0.3) is 0 Å². The first-order chi connectivity index (χ1) is 10.2. The Labute approximate surface area is 127 Å². The van der Waals surface area contributed by atoms with Gasteiger partial charge in [-0.05, 0) is 43.4 Å². The van der Waals surface area contributed by atoms with Gasteiger partial charge in [0.25, 0.3) is 0 Å². The highest BCUT2D eigenvalue weighted by molar-refractivity contribution is 5.59. The molecular formula is C19H24N2. The Hall–Kier alpha value is -1.80. The molecule has 2 unspecified atom stereocenters. The summed E-state index contributed by atoms with van der Waals surface area (Å²) in [4.78, 5) is 2.48. The summed E-state index contributed by atoms with van der Waals surface area (Å²) < 4.78 is 0. The lowest BCUT2D eigenvalue weighted by molar-refractivity contribution is 0.560. The Morgan fingerprint density at radius 3 is 2.62 bits per heavy atom. The molecule has 110 valence electrons. The fraction of sp³-hybridized carbons (Fsp3) is 0.368. The normalized spacial score (nSPS) is 18.6. The molecule has 2 aromatic carbocycles. The van der Waals surface area contributed by atoms with E-state index in [0.29, 0.717) is 6.04 Å². The molecule has 21 heavy (non-hydrogen) atoms. The van der Waals surface area contributed by atoms with Crippen LogP contribution in [0.3, 0.4) is 0 Å². The van der Waals surface area contributed by atoms with Crippen LogP contribution in [0.5, 0.6) is 0 Å². The fourth-order valence-corrected chi connectivity index (χ4v) is 3.25. The molecule has 1 aliphatic rings. The number of benzene rings is 2. The second kappa shape index (κ2) is 6.31. The molecule has 1 heterocycles. The van der Waals surface area contributed by atoms with E-state index in [4.69, 9.17) is 5.73 Å². The zero-order valence-electron chi connectivity index (χ0n) is 12.7. The largest absolute Gasteiger partial charge is 0.367 e. The van der Waals surface area contributed by atoms with Crippen molar-refractivity contribution in [2.24, 2.45) is 5.73 Å². The smallest absolute Gasteiger partial charge is 0.0402 e. The van der Waals surface area contributed by atoms with Gasteiger partial charge in [-0.3, -0.25) is 0 Å². The van der Waals surface area contributed by atoms with Gasteiger partial charge in [0.1, 0.15) is 0 Å². The van der Waals surface area contributed by atoms with Crippen molar-refractivity contribution in [3.63, 3.8) is 0 Å². The molecule has 0 saturated carbocycles. The molecule has 0 amide bonds. The Balaban J connectivity index is 1.59. The molecule has 0 aromatic heterocycles. The standard InChI is InChI=1S/C19H24N2/c1-15-13-17-9-5-6-10-19(17)21(15)14-18(20)12-11-16-7-3-2-4-8-16/h2-10,15,18H,11-14,20H2,1H3. The molecule has 0 aliphatic carbocycles. The van der Waals surface area contributed by atoms with Gasteiger partial charge in [0.05, 0.1) is 0 Å². The minimum absolute atomic E-state index is 0.221. The van der Waals surface area contributed by atoms with Crippen LogP contribution in [0.4, 0.5) is 5.69 Å². The lowest BCUT2D eigenvalue weighted by Gasteiger charge is -2.28. The third kappa shape index (κ3) is 3.27. The van der Waals surface area contributed by atoms with Gasteiger partial charge in [0.15, 0.2) is 0 Å². The highest BCUT2D eigenvalue weighted by Gasteiger charge is 2.26. The molecule has 0 spiro atoms. The second-order valence-electron chi connectivity index (χ2n) is 6.12. The number of aryl methyl sites for hydroxylation is 1. The van der Waals surface area contributed by atoms with E-state index in [0.717, 1.165) is 25.8 Å². The van der Waals surface area contributed by atoms with Crippen LogP contribution < -0.4 is 10.6 Å². The summed E-state index contributed by atoms with van der Waals surface area (Å²) in [5.74, 6) is 0. The predicted octanol–water partition coefficient (Wildman–Crippen LogP) is 3.40. The summed E-state index contributed by atoms with van der Waals surface area (Å²) in [6.07, 6.45) is 3.24. The quantitative estimate of drug-likeness (QED) is 0.909. The summed E-state index contributed by atoms with van der Waals surface area (Å²) in [5.41, 5.74) is 10.6. The number of fused-ring (bicyclic) bond motifs is 1. The van der Waals surface area contributed by atoms with Crippen molar-refractivity contribution < 1.29 is 0 Å². The molecule has 2 N–H and O–H groups in total. The highest BCUT2D eigenvalue weighted by atomic mass is 15.2. The van der Waals surface area contributed by atoms with E-state index >= 15 is 0 Å². The van der Waals surface area contributed by atoms with E-state index in [1.54, 1.807) is 0 Å². The van der Waals surface area contributed by atoms with Gasteiger partial charge in [0.2, 0.25) is 0 Å². The van der Waals surface area contributed by atoms with Crippen LogP contribution in [0.15, 0.2) is 54.6 Å². The molecule has 3 rings (SSSR count). The first kappa shape index (κ1) is 14.2. The maximum absolute atomic E-state index is 6.38. The van der Waals surface area contributed by atoms with Crippen molar-refractivity contribution in [3.05, 3.63) is 65.7 Å². The van der Waals surface area contributed by atoms with Crippen LogP contribution in [0.1, 0.15) is 24.5 Å². The molecule has 1 aliphatic heterocycles. The van der Waals surface area contributed by atoms with Crippen LogP contribution in [-0.2, 0) is 12.8 Å². The Morgan fingerprint density at radius 1 is 1.10 bits per heavy atom. The summed E-state index contributed by atoms with van der Waals surface area (Å²) in [6, 6.07) is 20.1. The van der Waals surface area contributed by atoms with Gasteiger partial charge in [-0.15, -0.1) is 0 Å². The van der Waals surface area contributed by atoms with Gasteiger partial charge in [-0.25, -0.2) is 0 Å².